The number of hydrogen-bond donors (Lipinski definition) is 0. The van der Waals surface area contributed by atoms with Gasteiger partial charge in [-0.2, -0.15) is 0 Å². The molecular weight excluding hydrogens is 182 g/mol. The summed E-state index contributed by atoms with van der Waals surface area (Å²) in [6, 6.07) is 0. The Bertz CT molecular complexity index is 242. The Morgan fingerprint density at radius 2 is 2.14 bits per heavy atom. The van der Waals surface area contributed by atoms with Crippen molar-refractivity contribution in [2.45, 2.75) is 0 Å². The summed E-state index contributed by atoms with van der Waals surface area (Å²) < 4.78 is 9.88. The van der Waals surface area contributed by atoms with Gasteiger partial charge in [-0.05, 0) is 6.08 Å². The first kappa shape index (κ1) is 10.8. The number of morpholine rings is 1. The average Bonchev–Trinajstić information content (AvgIpc) is 2.26. The zero-order chi connectivity index (χ0) is 10.4. The van der Waals surface area contributed by atoms with Gasteiger partial charge in [0, 0.05) is 13.1 Å². The van der Waals surface area contributed by atoms with Gasteiger partial charge in [0.15, 0.2) is 0 Å². The van der Waals surface area contributed by atoms with Crippen LogP contribution in [-0.2, 0) is 14.3 Å². The highest BCUT2D eigenvalue weighted by atomic mass is 16.5. The van der Waals surface area contributed by atoms with Crippen molar-refractivity contribution in [2.24, 2.45) is 0 Å². The van der Waals surface area contributed by atoms with Crippen molar-refractivity contribution < 1.29 is 14.3 Å². The lowest BCUT2D eigenvalue weighted by atomic mass is 10.3. The van der Waals surface area contributed by atoms with Crippen molar-refractivity contribution in [1.29, 1.82) is 0 Å². The van der Waals surface area contributed by atoms with Crippen LogP contribution in [0.2, 0.25) is 0 Å². The summed E-state index contributed by atoms with van der Waals surface area (Å²) in [4.78, 5) is 13.3. The highest BCUT2D eigenvalue weighted by Gasteiger charge is 2.19. The SMILES string of the molecule is C=CC=C(C(=O)OC)N1CCOCC1. The van der Waals surface area contributed by atoms with Crippen LogP contribution in [0.1, 0.15) is 0 Å². The third-order valence-corrected chi connectivity index (χ3v) is 2.02. The molecule has 0 N–H and O–H groups in total. The Morgan fingerprint density at radius 1 is 1.50 bits per heavy atom. The standard InChI is InChI=1S/C10H15NO3/c1-3-4-9(10(12)13-2)11-5-7-14-8-6-11/h3-4H,1,5-8H2,2H3. The van der Waals surface area contributed by atoms with Gasteiger partial charge in [-0.15, -0.1) is 0 Å². The molecule has 1 heterocycles. The summed E-state index contributed by atoms with van der Waals surface area (Å²) in [5.74, 6) is -0.327. The fourth-order valence-corrected chi connectivity index (χ4v) is 1.32. The van der Waals surface area contributed by atoms with Crippen LogP contribution in [0, 0.1) is 0 Å². The maximum atomic E-state index is 11.4. The van der Waals surface area contributed by atoms with Crippen LogP contribution in [0.15, 0.2) is 24.4 Å². The number of methoxy groups -OCH3 is 1. The zero-order valence-corrected chi connectivity index (χ0v) is 8.36. The van der Waals surface area contributed by atoms with E-state index in [2.05, 4.69) is 11.3 Å². The molecule has 0 bridgehead atoms. The number of carbonyl (C=O) groups excluding carboxylic acids is 1. The van der Waals surface area contributed by atoms with Crippen LogP contribution in [0.3, 0.4) is 0 Å². The maximum Gasteiger partial charge on any atom is 0.354 e. The minimum Gasteiger partial charge on any atom is -0.464 e. The fraction of sp³-hybridized carbons (Fsp3) is 0.500. The Kier molecular flexibility index (Phi) is 4.19. The summed E-state index contributed by atoms with van der Waals surface area (Å²) in [5.41, 5.74) is 0.547. The summed E-state index contributed by atoms with van der Waals surface area (Å²) >= 11 is 0. The first-order chi connectivity index (χ1) is 6.79. The predicted molar refractivity (Wildman–Crippen MR) is 52.7 cm³/mol. The van der Waals surface area contributed by atoms with Crippen LogP contribution in [-0.4, -0.2) is 44.3 Å². The van der Waals surface area contributed by atoms with E-state index in [0.717, 1.165) is 13.1 Å². The van der Waals surface area contributed by atoms with Gasteiger partial charge in [0.05, 0.1) is 20.3 Å². The third-order valence-electron chi connectivity index (χ3n) is 2.02. The van der Waals surface area contributed by atoms with Crippen LogP contribution >= 0.6 is 0 Å². The Balaban J connectivity index is 2.70. The summed E-state index contributed by atoms with van der Waals surface area (Å²) in [5, 5.41) is 0. The Hall–Kier alpha value is -1.29. The van der Waals surface area contributed by atoms with Gasteiger partial charge >= 0.3 is 5.97 Å². The largest absolute Gasteiger partial charge is 0.464 e. The highest BCUT2D eigenvalue weighted by molar-refractivity contribution is 5.88. The number of rotatable bonds is 3. The van der Waals surface area contributed by atoms with E-state index in [0.29, 0.717) is 18.9 Å². The lowest BCUT2D eigenvalue weighted by molar-refractivity contribution is -0.138. The summed E-state index contributed by atoms with van der Waals surface area (Å²) in [6.07, 6.45) is 3.25. The Labute approximate surface area is 83.8 Å². The number of esters is 1. The van der Waals surface area contributed by atoms with E-state index >= 15 is 0 Å². The first-order valence-corrected chi connectivity index (χ1v) is 4.53. The van der Waals surface area contributed by atoms with Gasteiger partial charge in [0.1, 0.15) is 5.70 Å². The molecule has 0 aromatic heterocycles. The van der Waals surface area contributed by atoms with E-state index in [-0.39, 0.29) is 5.97 Å². The van der Waals surface area contributed by atoms with Gasteiger partial charge < -0.3 is 14.4 Å². The van der Waals surface area contributed by atoms with Crippen molar-refractivity contribution in [3.05, 3.63) is 24.4 Å². The molecule has 14 heavy (non-hydrogen) atoms. The number of hydrogen-bond acceptors (Lipinski definition) is 4. The molecule has 1 rings (SSSR count). The lowest BCUT2D eigenvalue weighted by Crippen LogP contribution is -2.38. The smallest absolute Gasteiger partial charge is 0.354 e. The number of allylic oxidation sites excluding steroid dienone is 2. The van der Waals surface area contributed by atoms with E-state index in [1.54, 1.807) is 12.2 Å². The molecule has 1 saturated heterocycles. The minimum absolute atomic E-state index is 0.327. The van der Waals surface area contributed by atoms with E-state index < -0.39 is 0 Å². The molecule has 0 radical (unpaired) electrons. The molecule has 0 atom stereocenters. The molecular formula is C10H15NO3. The fourth-order valence-electron chi connectivity index (χ4n) is 1.32. The molecule has 0 saturated carbocycles. The normalized spacial score (nSPS) is 17.8. The van der Waals surface area contributed by atoms with Gasteiger partial charge in [-0.3, -0.25) is 0 Å². The van der Waals surface area contributed by atoms with E-state index in [1.165, 1.54) is 7.11 Å². The topological polar surface area (TPSA) is 38.8 Å². The molecule has 1 fully saturated rings. The van der Waals surface area contributed by atoms with Gasteiger partial charge in [0.25, 0.3) is 0 Å². The van der Waals surface area contributed by atoms with Crippen molar-refractivity contribution in [3.63, 3.8) is 0 Å². The molecule has 0 aliphatic carbocycles. The van der Waals surface area contributed by atoms with Crippen molar-refractivity contribution >= 4 is 5.97 Å². The maximum absolute atomic E-state index is 11.4. The zero-order valence-electron chi connectivity index (χ0n) is 8.36. The summed E-state index contributed by atoms with van der Waals surface area (Å²) in [7, 11) is 1.37. The molecule has 0 aromatic rings. The monoisotopic (exact) mass is 197 g/mol. The van der Waals surface area contributed by atoms with Crippen LogP contribution < -0.4 is 0 Å². The van der Waals surface area contributed by atoms with Gasteiger partial charge in [-0.25, -0.2) is 4.79 Å². The number of ether oxygens (including phenoxy) is 2. The molecule has 0 aromatic carbocycles. The predicted octanol–water partition coefficient (Wildman–Crippen LogP) is 0.561. The van der Waals surface area contributed by atoms with Crippen LogP contribution in [0.25, 0.3) is 0 Å². The van der Waals surface area contributed by atoms with E-state index in [9.17, 15) is 4.79 Å². The van der Waals surface area contributed by atoms with Crippen molar-refractivity contribution in [3.8, 4) is 0 Å². The van der Waals surface area contributed by atoms with Gasteiger partial charge in [-0.1, -0.05) is 12.7 Å². The highest BCUT2D eigenvalue weighted by Crippen LogP contribution is 2.09. The Morgan fingerprint density at radius 3 is 2.64 bits per heavy atom. The quantitative estimate of drug-likeness (QED) is 0.376. The average molecular weight is 197 g/mol. The third kappa shape index (κ3) is 2.60. The van der Waals surface area contributed by atoms with Crippen molar-refractivity contribution in [1.82, 2.24) is 4.90 Å². The first-order valence-electron chi connectivity index (χ1n) is 4.53. The van der Waals surface area contributed by atoms with Crippen LogP contribution in [0.5, 0.6) is 0 Å². The minimum atomic E-state index is -0.327. The second kappa shape index (κ2) is 5.44. The molecule has 4 nitrogen and oxygen atoms in total. The second-order valence-corrected chi connectivity index (χ2v) is 2.88. The van der Waals surface area contributed by atoms with E-state index in [4.69, 9.17) is 4.74 Å². The second-order valence-electron chi connectivity index (χ2n) is 2.88. The molecule has 78 valence electrons. The van der Waals surface area contributed by atoms with Crippen LogP contribution in [0.4, 0.5) is 0 Å². The molecule has 0 amide bonds. The lowest BCUT2D eigenvalue weighted by Gasteiger charge is -2.29. The molecule has 0 spiro atoms. The summed E-state index contributed by atoms with van der Waals surface area (Å²) in [6.45, 7) is 6.29. The molecule has 4 heteroatoms. The van der Waals surface area contributed by atoms with E-state index in [1.807, 2.05) is 4.90 Å². The number of nitrogens with zero attached hydrogens (tertiary/aromatic N) is 1. The number of carbonyl (C=O) groups is 1. The molecule has 1 aliphatic heterocycles. The van der Waals surface area contributed by atoms with Gasteiger partial charge in [0.2, 0.25) is 0 Å². The van der Waals surface area contributed by atoms with Crippen molar-refractivity contribution in [2.75, 3.05) is 33.4 Å². The molecule has 1 aliphatic rings. The molecule has 0 unspecified atom stereocenters.